The second kappa shape index (κ2) is 3.14. The molecule has 0 spiro atoms. The molecule has 1 heteroatoms. The van der Waals surface area contributed by atoms with Crippen molar-refractivity contribution in [2.24, 2.45) is 17.8 Å². The molecule has 2 fully saturated rings. The lowest BCUT2D eigenvalue weighted by atomic mass is 9.87. The zero-order valence-corrected chi connectivity index (χ0v) is 7.38. The number of rotatable bonds is 0. The fraction of sp³-hybridized carbons (Fsp3) is 1.00. The van der Waals surface area contributed by atoms with E-state index in [-0.39, 0.29) is 0 Å². The van der Waals surface area contributed by atoms with E-state index < -0.39 is 0 Å². The molecule has 0 radical (unpaired) electrons. The molecule has 1 saturated heterocycles. The molecule has 11 heavy (non-hydrogen) atoms. The van der Waals surface area contributed by atoms with E-state index >= 15 is 0 Å². The van der Waals surface area contributed by atoms with Gasteiger partial charge in [0.25, 0.3) is 0 Å². The van der Waals surface area contributed by atoms with Gasteiger partial charge in [-0.05, 0) is 37.0 Å². The Morgan fingerprint density at radius 2 is 1.82 bits per heavy atom. The van der Waals surface area contributed by atoms with Crippen molar-refractivity contribution >= 4 is 0 Å². The minimum atomic E-state index is 0.974. The van der Waals surface area contributed by atoms with E-state index in [1.54, 1.807) is 0 Å². The van der Waals surface area contributed by atoms with Crippen LogP contribution in [0.1, 0.15) is 32.6 Å². The molecule has 3 atom stereocenters. The molecular formula is C10H18O. The van der Waals surface area contributed by atoms with Gasteiger partial charge >= 0.3 is 0 Å². The minimum absolute atomic E-state index is 0.974. The highest BCUT2D eigenvalue weighted by Gasteiger charge is 2.33. The smallest absolute Gasteiger partial charge is 0.0468 e. The second-order valence-electron chi connectivity index (χ2n) is 4.17. The minimum Gasteiger partial charge on any atom is -0.381 e. The average molecular weight is 154 g/mol. The van der Waals surface area contributed by atoms with Crippen LogP contribution in [0.3, 0.4) is 0 Å². The highest BCUT2D eigenvalue weighted by molar-refractivity contribution is 4.83. The topological polar surface area (TPSA) is 9.23 Å². The Kier molecular flexibility index (Phi) is 2.17. The van der Waals surface area contributed by atoms with E-state index in [2.05, 4.69) is 6.92 Å². The Morgan fingerprint density at radius 1 is 1.00 bits per heavy atom. The fourth-order valence-corrected chi connectivity index (χ4v) is 2.80. The third kappa shape index (κ3) is 1.44. The number of fused-ring (bicyclic) bond motifs is 1. The van der Waals surface area contributed by atoms with Crippen LogP contribution in [-0.4, -0.2) is 13.2 Å². The summed E-state index contributed by atoms with van der Waals surface area (Å²) in [4.78, 5) is 0. The maximum absolute atomic E-state index is 5.48. The van der Waals surface area contributed by atoms with Crippen LogP contribution in [0.15, 0.2) is 0 Å². The first-order chi connectivity index (χ1) is 5.38. The maximum Gasteiger partial charge on any atom is 0.0468 e. The molecule has 1 aliphatic carbocycles. The molecule has 1 saturated carbocycles. The quantitative estimate of drug-likeness (QED) is 0.521. The van der Waals surface area contributed by atoms with E-state index in [0.717, 1.165) is 31.0 Å². The summed E-state index contributed by atoms with van der Waals surface area (Å²) in [5.74, 6) is 2.98. The molecule has 1 aliphatic heterocycles. The summed E-state index contributed by atoms with van der Waals surface area (Å²) >= 11 is 0. The predicted octanol–water partition coefficient (Wildman–Crippen LogP) is 2.46. The first-order valence-electron chi connectivity index (χ1n) is 4.95. The molecule has 0 aromatic carbocycles. The second-order valence-corrected chi connectivity index (χ2v) is 4.17. The molecule has 2 aliphatic rings. The van der Waals surface area contributed by atoms with Crippen molar-refractivity contribution in [3.8, 4) is 0 Å². The van der Waals surface area contributed by atoms with E-state index in [1.165, 1.54) is 25.7 Å². The van der Waals surface area contributed by atoms with Crippen LogP contribution in [0, 0.1) is 17.8 Å². The van der Waals surface area contributed by atoms with Crippen LogP contribution < -0.4 is 0 Å². The van der Waals surface area contributed by atoms with E-state index in [1.807, 2.05) is 0 Å². The molecular weight excluding hydrogens is 136 g/mol. The molecule has 1 nitrogen and oxygen atoms in total. The Labute approximate surface area is 69.1 Å². The van der Waals surface area contributed by atoms with Gasteiger partial charge in [0.2, 0.25) is 0 Å². The van der Waals surface area contributed by atoms with Crippen molar-refractivity contribution in [3.05, 3.63) is 0 Å². The predicted molar refractivity (Wildman–Crippen MR) is 45.4 cm³/mol. The summed E-state index contributed by atoms with van der Waals surface area (Å²) in [5.41, 5.74) is 0. The van der Waals surface area contributed by atoms with Gasteiger partial charge < -0.3 is 4.74 Å². The zero-order chi connectivity index (χ0) is 7.68. The molecule has 2 rings (SSSR count). The zero-order valence-electron chi connectivity index (χ0n) is 7.38. The van der Waals surface area contributed by atoms with Gasteiger partial charge in [-0.3, -0.25) is 0 Å². The van der Waals surface area contributed by atoms with Gasteiger partial charge in [-0.25, -0.2) is 0 Å². The van der Waals surface area contributed by atoms with Crippen LogP contribution in [0.25, 0.3) is 0 Å². The summed E-state index contributed by atoms with van der Waals surface area (Å²) in [6.45, 7) is 4.45. The number of hydrogen-bond donors (Lipinski definition) is 0. The van der Waals surface area contributed by atoms with E-state index in [0.29, 0.717) is 0 Å². The summed E-state index contributed by atoms with van der Waals surface area (Å²) in [5, 5.41) is 0. The summed E-state index contributed by atoms with van der Waals surface area (Å²) < 4.78 is 5.48. The normalized spacial score (nSPS) is 45.0. The largest absolute Gasteiger partial charge is 0.381 e. The molecule has 0 aromatic rings. The fourth-order valence-electron chi connectivity index (χ4n) is 2.80. The van der Waals surface area contributed by atoms with Crippen molar-refractivity contribution in [2.75, 3.05) is 13.2 Å². The Balaban J connectivity index is 2.00. The Bertz CT molecular complexity index is 133. The van der Waals surface area contributed by atoms with Gasteiger partial charge in [0.1, 0.15) is 0 Å². The molecule has 3 unspecified atom stereocenters. The highest BCUT2D eigenvalue weighted by atomic mass is 16.5. The first-order valence-corrected chi connectivity index (χ1v) is 4.95. The third-order valence-electron chi connectivity index (χ3n) is 3.56. The van der Waals surface area contributed by atoms with Crippen LogP contribution in [0.5, 0.6) is 0 Å². The molecule has 1 heterocycles. The van der Waals surface area contributed by atoms with Gasteiger partial charge in [0.15, 0.2) is 0 Å². The van der Waals surface area contributed by atoms with Crippen molar-refractivity contribution in [1.82, 2.24) is 0 Å². The lowest BCUT2D eigenvalue weighted by molar-refractivity contribution is 0.137. The lowest BCUT2D eigenvalue weighted by Crippen LogP contribution is -2.12. The molecule has 0 bridgehead atoms. The lowest BCUT2D eigenvalue weighted by Gasteiger charge is -2.18. The Morgan fingerprint density at radius 3 is 2.73 bits per heavy atom. The number of hydrogen-bond acceptors (Lipinski definition) is 1. The van der Waals surface area contributed by atoms with Crippen molar-refractivity contribution in [1.29, 1.82) is 0 Å². The van der Waals surface area contributed by atoms with Crippen LogP contribution in [0.4, 0.5) is 0 Å². The monoisotopic (exact) mass is 154 g/mol. The third-order valence-corrected chi connectivity index (χ3v) is 3.56. The summed E-state index contributed by atoms with van der Waals surface area (Å²) in [7, 11) is 0. The van der Waals surface area contributed by atoms with Gasteiger partial charge in [0.05, 0.1) is 0 Å². The van der Waals surface area contributed by atoms with E-state index in [9.17, 15) is 0 Å². The van der Waals surface area contributed by atoms with Crippen LogP contribution in [-0.2, 0) is 4.74 Å². The van der Waals surface area contributed by atoms with Crippen molar-refractivity contribution in [2.45, 2.75) is 32.6 Å². The molecule has 0 N–H and O–H groups in total. The van der Waals surface area contributed by atoms with Crippen molar-refractivity contribution in [3.63, 3.8) is 0 Å². The van der Waals surface area contributed by atoms with E-state index in [4.69, 9.17) is 4.74 Å². The average Bonchev–Trinajstić information content (AvgIpc) is 2.25. The van der Waals surface area contributed by atoms with Crippen molar-refractivity contribution < 1.29 is 4.74 Å². The maximum atomic E-state index is 5.48. The van der Waals surface area contributed by atoms with Crippen LogP contribution >= 0.6 is 0 Å². The SMILES string of the molecule is CC1CCC2CCOCCC12. The Hall–Kier alpha value is -0.0400. The highest BCUT2D eigenvalue weighted by Crippen LogP contribution is 2.41. The standard InChI is InChI=1S/C10H18O/c1-8-2-3-9-4-6-11-7-5-10(8)9/h8-10H,2-7H2,1H3. The molecule has 0 aromatic heterocycles. The van der Waals surface area contributed by atoms with Gasteiger partial charge in [-0.15, -0.1) is 0 Å². The first kappa shape index (κ1) is 7.60. The van der Waals surface area contributed by atoms with Gasteiger partial charge in [-0.2, -0.15) is 0 Å². The summed E-state index contributed by atoms with van der Waals surface area (Å²) in [6, 6.07) is 0. The number of ether oxygens (including phenoxy) is 1. The summed E-state index contributed by atoms with van der Waals surface area (Å²) in [6.07, 6.45) is 5.59. The van der Waals surface area contributed by atoms with Gasteiger partial charge in [-0.1, -0.05) is 13.3 Å². The molecule has 0 amide bonds. The van der Waals surface area contributed by atoms with Crippen LogP contribution in [0.2, 0.25) is 0 Å². The molecule has 64 valence electrons. The van der Waals surface area contributed by atoms with Gasteiger partial charge in [0, 0.05) is 13.2 Å².